The van der Waals surface area contributed by atoms with E-state index in [1.807, 2.05) is 67.6 Å². The molecule has 0 radical (unpaired) electrons. The van der Waals surface area contributed by atoms with Crippen molar-refractivity contribution < 1.29 is 13.2 Å². The number of rotatable bonds is 5. The molecule has 0 fully saturated rings. The highest BCUT2D eigenvalue weighted by Gasteiger charge is 2.26. The number of hydrogen-bond acceptors (Lipinski definition) is 3. The summed E-state index contributed by atoms with van der Waals surface area (Å²) in [7, 11) is -3.93. The zero-order valence-corrected chi connectivity index (χ0v) is 16.6. The largest absolute Gasteiger partial charge is 0.296 e. The van der Waals surface area contributed by atoms with Crippen LogP contribution in [0.3, 0.4) is 0 Å². The van der Waals surface area contributed by atoms with Crippen molar-refractivity contribution in [2.45, 2.75) is 11.8 Å². The Labute approximate surface area is 170 Å². The summed E-state index contributed by atoms with van der Waals surface area (Å²) >= 11 is 0. The number of aromatic nitrogens is 1. The number of aryl methyl sites for hydroxylation is 1. The Hall–Kier alpha value is -3.44. The van der Waals surface area contributed by atoms with Crippen LogP contribution in [0.25, 0.3) is 22.3 Å². The lowest BCUT2D eigenvalue weighted by Crippen LogP contribution is -2.15. The fraction of sp³-hybridized carbons (Fsp3) is 0.0417. The second kappa shape index (κ2) is 7.53. The van der Waals surface area contributed by atoms with E-state index < -0.39 is 10.0 Å². The first-order chi connectivity index (χ1) is 14.0. The SMILES string of the molecule is Cc1ccc(S(=O)(=O)n2cc(-c3ccccc3)c(-c3ccccc3)c2C=O)cc1. The molecule has 0 N–H and O–H groups in total. The zero-order valence-electron chi connectivity index (χ0n) is 15.8. The summed E-state index contributed by atoms with van der Waals surface area (Å²) in [5.41, 5.74) is 3.98. The van der Waals surface area contributed by atoms with Crippen LogP contribution in [0.1, 0.15) is 16.1 Å². The van der Waals surface area contributed by atoms with Crippen LogP contribution in [0.2, 0.25) is 0 Å². The molecule has 3 aromatic carbocycles. The Kier molecular flexibility index (Phi) is 4.91. The van der Waals surface area contributed by atoms with Gasteiger partial charge in [-0.25, -0.2) is 12.4 Å². The van der Waals surface area contributed by atoms with Crippen LogP contribution in [0.4, 0.5) is 0 Å². The molecule has 0 atom stereocenters. The molecule has 4 aromatic rings. The number of aldehydes is 1. The maximum atomic E-state index is 13.4. The Morgan fingerprint density at radius 3 is 1.86 bits per heavy atom. The highest BCUT2D eigenvalue weighted by molar-refractivity contribution is 7.90. The van der Waals surface area contributed by atoms with Crippen LogP contribution in [0.15, 0.2) is 96.0 Å². The van der Waals surface area contributed by atoms with E-state index in [0.717, 1.165) is 20.7 Å². The molecule has 0 aliphatic heterocycles. The van der Waals surface area contributed by atoms with Gasteiger partial charge in [0, 0.05) is 17.3 Å². The van der Waals surface area contributed by atoms with Crippen molar-refractivity contribution in [3.8, 4) is 22.3 Å². The van der Waals surface area contributed by atoms with E-state index in [0.29, 0.717) is 17.4 Å². The van der Waals surface area contributed by atoms with Gasteiger partial charge in [0.2, 0.25) is 0 Å². The van der Waals surface area contributed by atoms with E-state index in [4.69, 9.17) is 0 Å². The molecule has 0 saturated carbocycles. The van der Waals surface area contributed by atoms with E-state index in [2.05, 4.69) is 0 Å². The van der Waals surface area contributed by atoms with Crippen molar-refractivity contribution in [1.29, 1.82) is 0 Å². The van der Waals surface area contributed by atoms with E-state index in [-0.39, 0.29) is 10.6 Å². The van der Waals surface area contributed by atoms with Crippen molar-refractivity contribution in [3.05, 3.63) is 102 Å². The molecule has 0 aliphatic rings. The van der Waals surface area contributed by atoms with Crippen LogP contribution in [-0.4, -0.2) is 18.7 Å². The molecule has 0 bridgehead atoms. The predicted molar refractivity (Wildman–Crippen MR) is 114 cm³/mol. The van der Waals surface area contributed by atoms with Gasteiger partial charge in [0.25, 0.3) is 10.0 Å². The summed E-state index contributed by atoms with van der Waals surface area (Å²) in [6, 6.07) is 25.4. The lowest BCUT2D eigenvalue weighted by molar-refractivity contribution is 0.111. The Bertz CT molecular complexity index is 1260. The van der Waals surface area contributed by atoms with E-state index in [1.165, 1.54) is 6.20 Å². The molecule has 4 rings (SSSR count). The van der Waals surface area contributed by atoms with Crippen LogP contribution in [0.5, 0.6) is 0 Å². The maximum absolute atomic E-state index is 13.4. The van der Waals surface area contributed by atoms with Crippen molar-refractivity contribution in [2.75, 3.05) is 0 Å². The highest BCUT2D eigenvalue weighted by atomic mass is 32.2. The van der Waals surface area contributed by atoms with Crippen LogP contribution in [0, 0.1) is 6.92 Å². The first-order valence-electron chi connectivity index (χ1n) is 9.16. The zero-order chi connectivity index (χ0) is 20.4. The van der Waals surface area contributed by atoms with Gasteiger partial charge in [-0.05, 0) is 30.2 Å². The topological polar surface area (TPSA) is 56.1 Å². The molecule has 1 heterocycles. The highest BCUT2D eigenvalue weighted by Crippen LogP contribution is 2.37. The Morgan fingerprint density at radius 2 is 1.31 bits per heavy atom. The molecule has 0 amide bonds. The Balaban J connectivity index is 2.03. The molecule has 5 heteroatoms. The quantitative estimate of drug-likeness (QED) is 0.433. The average molecular weight is 401 g/mol. The first kappa shape index (κ1) is 18.9. The number of carbonyl (C=O) groups excluding carboxylic acids is 1. The van der Waals surface area contributed by atoms with Gasteiger partial charge in [-0.15, -0.1) is 0 Å². The maximum Gasteiger partial charge on any atom is 0.268 e. The normalized spacial score (nSPS) is 11.3. The summed E-state index contributed by atoms with van der Waals surface area (Å²) in [5.74, 6) is 0. The van der Waals surface area contributed by atoms with Gasteiger partial charge in [0.15, 0.2) is 6.29 Å². The molecule has 0 saturated heterocycles. The molecule has 0 aliphatic carbocycles. The molecular weight excluding hydrogens is 382 g/mol. The summed E-state index contributed by atoms with van der Waals surface area (Å²) in [6.45, 7) is 1.89. The fourth-order valence-electron chi connectivity index (χ4n) is 3.38. The van der Waals surface area contributed by atoms with Gasteiger partial charge in [-0.3, -0.25) is 4.79 Å². The smallest absolute Gasteiger partial charge is 0.268 e. The fourth-order valence-corrected chi connectivity index (χ4v) is 4.72. The molecule has 29 heavy (non-hydrogen) atoms. The van der Waals surface area contributed by atoms with E-state index in [1.54, 1.807) is 24.3 Å². The molecule has 1 aromatic heterocycles. The summed E-state index contributed by atoms with van der Waals surface area (Å²) in [6.07, 6.45) is 2.15. The number of benzene rings is 3. The predicted octanol–water partition coefficient (Wildman–Crippen LogP) is 5.18. The lowest BCUT2D eigenvalue weighted by atomic mass is 9.97. The minimum Gasteiger partial charge on any atom is -0.296 e. The summed E-state index contributed by atoms with van der Waals surface area (Å²) in [5, 5.41) is 0. The Morgan fingerprint density at radius 1 is 0.759 bits per heavy atom. The number of nitrogens with zero attached hydrogens (tertiary/aromatic N) is 1. The van der Waals surface area contributed by atoms with Crippen LogP contribution < -0.4 is 0 Å². The second-order valence-electron chi connectivity index (χ2n) is 6.77. The van der Waals surface area contributed by atoms with Gasteiger partial charge in [0.05, 0.1) is 4.90 Å². The van der Waals surface area contributed by atoms with E-state index in [9.17, 15) is 13.2 Å². The van der Waals surface area contributed by atoms with Gasteiger partial charge >= 0.3 is 0 Å². The standard InChI is InChI=1S/C24H19NO3S/c1-18-12-14-21(15-13-18)29(27,28)25-16-22(19-8-4-2-5-9-19)24(23(25)17-26)20-10-6-3-7-11-20/h2-17H,1H3. The monoisotopic (exact) mass is 401 g/mol. The summed E-state index contributed by atoms with van der Waals surface area (Å²) < 4.78 is 27.8. The van der Waals surface area contributed by atoms with Gasteiger partial charge in [-0.1, -0.05) is 78.4 Å². The van der Waals surface area contributed by atoms with Gasteiger partial charge < -0.3 is 0 Å². The lowest BCUT2D eigenvalue weighted by Gasteiger charge is -2.09. The average Bonchev–Trinajstić information content (AvgIpc) is 3.16. The van der Waals surface area contributed by atoms with Crippen molar-refractivity contribution >= 4 is 16.3 Å². The van der Waals surface area contributed by atoms with Crippen molar-refractivity contribution in [1.82, 2.24) is 3.97 Å². The molecule has 4 nitrogen and oxygen atoms in total. The van der Waals surface area contributed by atoms with Gasteiger partial charge in [-0.2, -0.15) is 0 Å². The van der Waals surface area contributed by atoms with Gasteiger partial charge in [0.1, 0.15) is 5.69 Å². The molecular formula is C24H19NO3S. The van der Waals surface area contributed by atoms with Crippen molar-refractivity contribution in [2.24, 2.45) is 0 Å². The third kappa shape index (κ3) is 3.41. The number of carbonyl (C=O) groups is 1. The third-order valence-corrected chi connectivity index (χ3v) is 6.53. The molecule has 0 unspecified atom stereocenters. The van der Waals surface area contributed by atoms with E-state index >= 15 is 0 Å². The molecule has 0 spiro atoms. The molecule has 144 valence electrons. The first-order valence-corrected chi connectivity index (χ1v) is 10.6. The number of hydrogen-bond donors (Lipinski definition) is 0. The second-order valence-corrected chi connectivity index (χ2v) is 8.58. The summed E-state index contributed by atoms with van der Waals surface area (Å²) in [4.78, 5) is 12.3. The third-order valence-electron chi connectivity index (χ3n) is 4.85. The van der Waals surface area contributed by atoms with Crippen LogP contribution in [-0.2, 0) is 10.0 Å². The van der Waals surface area contributed by atoms with Crippen molar-refractivity contribution in [3.63, 3.8) is 0 Å². The minimum atomic E-state index is -3.93. The van der Waals surface area contributed by atoms with Crippen LogP contribution >= 0.6 is 0 Å². The minimum absolute atomic E-state index is 0.107.